The van der Waals surface area contributed by atoms with Crippen LogP contribution in [0.2, 0.25) is 0 Å². The molecule has 1 N–H and O–H groups in total. The van der Waals surface area contributed by atoms with E-state index in [0.29, 0.717) is 5.71 Å². The number of benzene rings is 2. The number of fused-ring (bicyclic) bond motifs is 3. The van der Waals surface area contributed by atoms with E-state index in [-0.39, 0.29) is 17.5 Å². The minimum absolute atomic E-state index is 0.0112. The fourth-order valence-corrected chi connectivity index (χ4v) is 3.76. The van der Waals surface area contributed by atoms with E-state index >= 15 is 0 Å². The van der Waals surface area contributed by atoms with Crippen molar-refractivity contribution < 1.29 is 37.1 Å². The number of carbonyl (C=O) groups excluding carboxylic acids is 2. The Hall–Kier alpha value is -4.08. The van der Waals surface area contributed by atoms with Crippen LogP contribution in [0.1, 0.15) is 17.0 Å². The summed E-state index contributed by atoms with van der Waals surface area (Å²) in [4.78, 5) is 29.1. The average molecular weight is 472 g/mol. The number of ether oxygens (including phenoxy) is 2. The molecule has 2 aliphatic rings. The van der Waals surface area contributed by atoms with Crippen LogP contribution in [0, 0.1) is 5.92 Å². The second-order valence-corrected chi connectivity index (χ2v) is 7.44. The Labute approximate surface area is 192 Å². The standard InChI is InChI=1S/C24H19F3N2O5/c25-24(26,27)34-16-11-9-15(10-12-16)28-21(30)13-32-22(31)14-33-29-23-19-7-3-1-5-17(19)18-6-2-4-8-20(18)23/h1-12,17,19H,13-14H2,(H,28,30)/b29-23+/t17-,19+/m0/s1. The van der Waals surface area contributed by atoms with Crippen LogP contribution in [0.3, 0.4) is 0 Å². The van der Waals surface area contributed by atoms with Gasteiger partial charge in [-0.2, -0.15) is 0 Å². The average Bonchev–Trinajstić information content (AvgIpc) is 3.12. The quantitative estimate of drug-likeness (QED) is 0.479. The number of hydrogen-bond acceptors (Lipinski definition) is 6. The molecule has 0 unspecified atom stereocenters. The highest BCUT2D eigenvalue weighted by Gasteiger charge is 2.36. The summed E-state index contributed by atoms with van der Waals surface area (Å²) in [6.07, 6.45) is 3.23. The zero-order valence-corrected chi connectivity index (χ0v) is 17.6. The smallest absolute Gasteiger partial charge is 0.453 e. The van der Waals surface area contributed by atoms with Crippen LogP contribution < -0.4 is 10.1 Å². The first kappa shape index (κ1) is 23.1. The molecule has 176 valence electrons. The molecule has 2 aromatic rings. The molecular weight excluding hydrogens is 453 g/mol. The third-order valence-corrected chi connectivity index (χ3v) is 5.13. The summed E-state index contributed by atoms with van der Waals surface area (Å²) in [7, 11) is 0. The molecule has 4 rings (SSSR count). The molecule has 0 bridgehead atoms. The van der Waals surface area contributed by atoms with Gasteiger partial charge >= 0.3 is 12.3 Å². The molecule has 34 heavy (non-hydrogen) atoms. The molecule has 0 saturated carbocycles. The van der Waals surface area contributed by atoms with Gasteiger partial charge in [0.1, 0.15) is 5.75 Å². The van der Waals surface area contributed by atoms with Crippen molar-refractivity contribution in [2.24, 2.45) is 11.1 Å². The van der Waals surface area contributed by atoms with Crippen LogP contribution in [-0.4, -0.2) is 37.2 Å². The van der Waals surface area contributed by atoms with E-state index in [1.165, 1.54) is 12.1 Å². The molecule has 7 nitrogen and oxygen atoms in total. The maximum atomic E-state index is 12.2. The predicted molar refractivity (Wildman–Crippen MR) is 116 cm³/mol. The van der Waals surface area contributed by atoms with Crippen molar-refractivity contribution in [1.29, 1.82) is 0 Å². The number of carbonyl (C=O) groups is 2. The van der Waals surface area contributed by atoms with E-state index < -0.39 is 37.2 Å². The number of hydrogen-bond donors (Lipinski definition) is 1. The van der Waals surface area contributed by atoms with Gasteiger partial charge in [0.05, 0.1) is 5.71 Å². The summed E-state index contributed by atoms with van der Waals surface area (Å²) < 4.78 is 45.2. The van der Waals surface area contributed by atoms with Gasteiger partial charge in [0.2, 0.25) is 6.61 Å². The van der Waals surface area contributed by atoms with Crippen molar-refractivity contribution in [3.8, 4) is 5.75 Å². The lowest BCUT2D eigenvalue weighted by Gasteiger charge is -2.15. The molecule has 0 aliphatic heterocycles. The van der Waals surface area contributed by atoms with Gasteiger partial charge in [0.25, 0.3) is 5.91 Å². The van der Waals surface area contributed by atoms with Crippen molar-refractivity contribution in [1.82, 2.24) is 0 Å². The Morgan fingerprint density at radius 1 is 0.941 bits per heavy atom. The van der Waals surface area contributed by atoms with Gasteiger partial charge in [-0.1, -0.05) is 53.7 Å². The van der Waals surface area contributed by atoms with E-state index in [4.69, 9.17) is 9.57 Å². The first-order valence-corrected chi connectivity index (χ1v) is 10.3. The van der Waals surface area contributed by atoms with Crippen molar-refractivity contribution in [2.75, 3.05) is 18.5 Å². The van der Waals surface area contributed by atoms with Crippen LogP contribution in [0.4, 0.5) is 18.9 Å². The predicted octanol–water partition coefficient (Wildman–Crippen LogP) is 4.33. The van der Waals surface area contributed by atoms with E-state index in [1.54, 1.807) is 0 Å². The highest BCUT2D eigenvalue weighted by atomic mass is 19.4. The number of amides is 1. The fraction of sp³-hybridized carbons (Fsp3) is 0.208. The zero-order chi connectivity index (χ0) is 24.1. The lowest BCUT2D eigenvalue weighted by Crippen LogP contribution is -2.23. The van der Waals surface area contributed by atoms with Crippen LogP contribution in [-0.2, 0) is 19.2 Å². The van der Waals surface area contributed by atoms with E-state index in [2.05, 4.69) is 21.3 Å². The van der Waals surface area contributed by atoms with Gasteiger partial charge in [-0.15, -0.1) is 13.2 Å². The molecule has 0 saturated heterocycles. The maximum Gasteiger partial charge on any atom is 0.573 e. The van der Waals surface area contributed by atoms with Gasteiger partial charge in [-0.05, 0) is 29.8 Å². The molecule has 0 radical (unpaired) electrons. The maximum absolute atomic E-state index is 12.2. The monoisotopic (exact) mass is 472 g/mol. The normalized spacial score (nSPS) is 19.3. The molecule has 2 aliphatic carbocycles. The van der Waals surface area contributed by atoms with Gasteiger partial charge in [0, 0.05) is 23.1 Å². The summed E-state index contributed by atoms with van der Waals surface area (Å²) in [6, 6.07) is 12.4. The summed E-state index contributed by atoms with van der Waals surface area (Å²) in [5.41, 5.74) is 3.01. The lowest BCUT2D eigenvalue weighted by atomic mass is 9.88. The number of nitrogens with one attached hydrogen (secondary N) is 1. The molecule has 0 aromatic heterocycles. The van der Waals surface area contributed by atoms with Crippen molar-refractivity contribution in [3.05, 3.63) is 84.0 Å². The number of rotatable bonds is 7. The van der Waals surface area contributed by atoms with E-state index in [9.17, 15) is 22.8 Å². The third kappa shape index (κ3) is 5.64. The summed E-state index contributed by atoms with van der Waals surface area (Å²) >= 11 is 0. The Morgan fingerprint density at radius 2 is 1.65 bits per heavy atom. The summed E-state index contributed by atoms with van der Waals surface area (Å²) in [6.45, 7) is -1.08. The van der Waals surface area contributed by atoms with Gasteiger partial charge < -0.3 is 19.6 Å². The van der Waals surface area contributed by atoms with Gasteiger partial charge in [0.15, 0.2) is 6.61 Å². The van der Waals surface area contributed by atoms with Crippen LogP contribution in [0.25, 0.3) is 0 Å². The number of nitrogens with zero attached hydrogens (tertiary/aromatic N) is 1. The minimum atomic E-state index is -4.81. The lowest BCUT2D eigenvalue weighted by molar-refractivity contribution is -0.274. The van der Waals surface area contributed by atoms with Gasteiger partial charge in [-0.25, -0.2) is 4.79 Å². The van der Waals surface area contributed by atoms with Crippen LogP contribution in [0.15, 0.2) is 78.0 Å². The van der Waals surface area contributed by atoms with Crippen molar-refractivity contribution in [2.45, 2.75) is 12.3 Å². The SMILES string of the molecule is O=C(COC(=O)CO/N=C1/c2ccccc2[C@@H]2C=CC=C[C@@H]12)Nc1ccc(OC(F)(F)F)cc1. The molecule has 2 atom stereocenters. The minimum Gasteiger partial charge on any atom is -0.453 e. The number of halogens is 3. The number of allylic oxidation sites excluding steroid dienone is 4. The molecule has 0 spiro atoms. The Kier molecular flexibility index (Phi) is 6.67. The molecular formula is C24H19F3N2O5. The number of esters is 1. The number of alkyl halides is 3. The molecule has 10 heteroatoms. The molecule has 0 fully saturated rings. The second-order valence-electron chi connectivity index (χ2n) is 7.44. The van der Waals surface area contributed by atoms with Crippen LogP contribution in [0.5, 0.6) is 5.75 Å². The first-order valence-electron chi connectivity index (χ1n) is 10.3. The number of anilines is 1. The highest BCUT2D eigenvalue weighted by Crippen LogP contribution is 2.41. The fourth-order valence-electron chi connectivity index (χ4n) is 3.76. The van der Waals surface area contributed by atoms with Crippen LogP contribution >= 0.6 is 0 Å². The molecule has 1 amide bonds. The van der Waals surface area contributed by atoms with Crippen molar-refractivity contribution in [3.63, 3.8) is 0 Å². The second kappa shape index (κ2) is 9.82. The number of oxime groups is 1. The third-order valence-electron chi connectivity index (χ3n) is 5.13. The molecule has 0 heterocycles. The zero-order valence-electron chi connectivity index (χ0n) is 17.6. The van der Waals surface area contributed by atoms with Gasteiger partial charge in [-0.3, -0.25) is 4.79 Å². The van der Waals surface area contributed by atoms with E-state index in [0.717, 1.165) is 23.3 Å². The Morgan fingerprint density at radius 3 is 2.38 bits per heavy atom. The Bertz CT molecular complexity index is 1160. The topological polar surface area (TPSA) is 86.2 Å². The van der Waals surface area contributed by atoms with Crippen molar-refractivity contribution >= 4 is 23.3 Å². The largest absolute Gasteiger partial charge is 0.573 e. The first-order chi connectivity index (χ1) is 16.3. The summed E-state index contributed by atoms with van der Waals surface area (Å²) in [5, 5.41) is 6.55. The highest BCUT2D eigenvalue weighted by molar-refractivity contribution is 6.08. The summed E-state index contributed by atoms with van der Waals surface area (Å²) in [5.74, 6) is -1.72. The Balaban J connectivity index is 1.25. The molecule has 2 aromatic carbocycles. The van der Waals surface area contributed by atoms with E-state index in [1.807, 2.05) is 42.5 Å².